The van der Waals surface area contributed by atoms with Crippen molar-refractivity contribution in [2.75, 3.05) is 36.8 Å². The van der Waals surface area contributed by atoms with E-state index in [1.54, 1.807) is 24.3 Å². The second-order valence-electron chi connectivity index (χ2n) is 8.96. The Morgan fingerprint density at radius 2 is 1.13 bits per heavy atom. The first kappa shape index (κ1) is 27.1. The zero-order valence-corrected chi connectivity index (χ0v) is 21.7. The third kappa shape index (κ3) is 6.67. The number of carboxylic acid groups (broad SMARTS) is 1. The van der Waals surface area contributed by atoms with Gasteiger partial charge < -0.3 is 26.4 Å². The molecule has 5 rings (SSSR count). The lowest BCUT2D eigenvalue weighted by atomic mass is 10.1. The molecule has 2 aliphatic rings. The number of hydrogen-bond donors (Lipinski definition) is 5. The van der Waals surface area contributed by atoms with Crippen LogP contribution in [0.3, 0.4) is 0 Å². The smallest absolute Gasteiger partial charge is 0.290 e. The van der Waals surface area contributed by atoms with Crippen LogP contribution in [0.2, 0.25) is 0 Å². The summed E-state index contributed by atoms with van der Waals surface area (Å²) in [5, 5.41) is 19.3. The van der Waals surface area contributed by atoms with E-state index in [1.807, 2.05) is 50.2 Å². The maximum Gasteiger partial charge on any atom is 0.290 e. The Morgan fingerprint density at radius 1 is 0.744 bits per heavy atom. The molecule has 0 aliphatic carbocycles. The van der Waals surface area contributed by atoms with Crippen LogP contribution >= 0.6 is 0 Å². The van der Waals surface area contributed by atoms with Gasteiger partial charge in [-0.15, -0.1) is 0 Å². The van der Waals surface area contributed by atoms with Crippen LogP contribution in [0.5, 0.6) is 0 Å². The fraction of sp³-hybridized carbons (Fsp3) is 0.207. The van der Waals surface area contributed by atoms with Gasteiger partial charge in [0.15, 0.2) is 0 Å². The number of aliphatic imine (C=N–C) groups is 2. The molecule has 2 amide bonds. The number of carbonyl (C=O) groups is 3. The van der Waals surface area contributed by atoms with Gasteiger partial charge in [-0.25, -0.2) is 0 Å². The van der Waals surface area contributed by atoms with Gasteiger partial charge in [0, 0.05) is 46.7 Å². The largest absolute Gasteiger partial charge is 0.483 e. The number of hydrogen-bond acceptors (Lipinski definition) is 7. The molecular weight excluding hydrogens is 496 g/mol. The molecule has 0 atom stereocenters. The van der Waals surface area contributed by atoms with Crippen LogP contribution in [0.15, 0.2) is 70.6 Å². The van der Waals surface area contributed by atoms with Crippen molar-refractivity contribution in [1.29, 1.82) is 0 Å². The summed E-state index contributed by atoms with van der Waals surface area (Å²) in [6.45, 7) is 7.00. The second-order valence-corrected chi connectivity index (χ2v) is 8.96. The number of amidine groups is 2. The summed E-state index contributed by atoms with van der Waals surface area (Å²) < 4.78 is 0. The molecule has 200 valence electrons. The maximum atomic E-state index is 12.8. The fourth-order valence-corrected chi connectivity index (χ4v) is 4.35. The number of nitrogens with zero attached hydrogens (tertiary/aromatic N) is 2. The molecule has 0 spiro atoms. The van der Waals surface area contributed by atoms with Crippen LogP contribution in [0.25, 0.3) is 0 Å². The molecule has 0 unspecified atom stereocenters. The standard InChI is InChI=1S/C28H28N6O2.CH2O2/c1-17-15-21(7-9-23(17)25-29-11-12-30-25)33-27(35)19-3-5-20(6-4-19)28(36)34-22-8-10-24(18(2)16-22)26-31-13-14-32-26;2-1-3/h3-10,15-16H,11-14H2,1-2H3,(H,29,30)(H,31,32)(H,33,35)(H,34,36);1H,(H,2,3). The third-order valence-electron chi connectivity index (χ3n) is 6.24. The quantitative estimate of drug-likeness (QED) is 0.312. The molecule has 0 saturated carbocycles. The summed E-state index contributed by atoms with van der Waals surface area (Å²) >= 11 is 0. The zero-order valence-electron chi connectivity index (χ0n) is 21.7. The van der Waals surface area contributed by atoms with Crippen molar-refractivity contribution in [1.82, 2.24) is 10.6 Å². The highest BCUT2D eigenvalue weighted by Crippen LogP contribution is 2.19. The number of amides is 2. The molecule has 0 radical (unpaired) electrons. The topological polar surface area (TPSA) is 144 Å². The number of carbonyl (C=O) groups excluding carboxylic acids is 2. The maximum absolute atomic E-state index is 12.8. The van der Waals surface area contributed by atoms with Gasteiger partial charge >= 0.3 is 0 Å². The highest BCUT2D eigenvalue weighted by Gasteiger charge is 2.15. The van der Waals surface area contributed by atoms with Crippen molar-refractivity contribution in [3.63, 3.8) is 0 Å². The van der Waals surface area contributed by atoms with E-state index < -0.39 is 0 Å². The fourth-order valence-electron chi connectivity index (χ4n) is 4.35. The minimum atomic E-state index is -0.250. The molecule has 10 heteroatoms. The van der Waals surface area contributed by atoms with Crippen molar-refractivity contribution < 1.29 is 19.5 Å². The summed E-state index contributed by atoms with van der Waals surface area (Å²) in [6, 6.07) is 18.1. The average molecular weight is 527 g/mol. The molecule has 3 aromatic rings. The Labute approximate surface area is 226 Å². The lowest BCUT2D eigenvalue weighted by Crippen LogP contribution is -2.20. The summed E-state index contributed by atoms with van der Waals surface area (Å²) in [7, 11) is 0. The van der Waals surface area contributed by atoms with Crippen LogP contribution < -0.4 is 21.3 Å². The van der Waals surface area contributed by atoms with E-state index in [4.69, 9.17) is 9.90 Å². The van der Waals surface area contributed by atoms with Crippen LogP contribution in [-0.2, 0) is 4.79 Å². The third-order valence-corrected chi connectivity index (χ3v) is 6.24. The average Bonchev–Trinajstić information content (AvgIpc) is 3.65. The van der Waals surface area contributed by atoms with Crippen molar-refractivity contribution in [2.24, 2.45) is 9.98 Å². The van der Waals surface area contributed by atoms with Gasteiger partial charge in [-0.3, -0.25) is 24.4 Å². The molecule has 0 aromatic heterocycles. The summed E-state index contributed by atoms with van der Waals surface area (Å²) in [6.07, 6.45) is 0. The lowest BCUT2D eigenvalue weighted by molar-refractivity contribution is -0.122. The van der Waals surface area contributed by atoms with Gasteiger partial charge in [0.2, 0.25) is 0 Å². The Hall–Kier alpha value is -4.99. The minimum absolute atomic E-state index is 0.236. The lowest BCUT2D eigenvalue weighted by Gasteiger charge is -2.11. The Bertz CT molecular complexity index is 1340. The second kappa shape index (κ2) is 12.5. The van der Waals surface area contributed by atoms with E-state index in [1.165, 1.54) is 0 Å². The molecule has 5 N–H and O–H groups in total. The summed E-state index contributed by atoms with van der Waals surface area (Å²) in [5.41, 5.74) is 6.50. The number of rotatable bonds is 6. The van der Waals surface area contributed by atoms with Crippen LogP contribution in [-0.4, -0.2) is 61.2 Å². The van der Waals surface area contributed by atoms with E-state index in [9.17, 15) is 9.59 Å². The SMILES string of the molecule is Cc1cc(NC(=O)c2ccc(C(=O)Nc3ccc(C4=NCCN4)c(C)c3)cc2)ccc1C1=NCCN1.O=CO. The first-order valence-corrected chi connectivity index (χ1v) is 12.5. The molecule has 10 nitrogen and oxygen atoms in total. The Morgan fingerprint density at radius 3 is 1.44 bits per heavy atom. The van der Waals surface area contributed by atoms with Gasteiger partial charge in [0.1, 0.15) is 11.7 Å². The Kier molecular flexibility index (Phi) is 8.67. The van der Waals surface area contributed by atoms with E-state index in [2.05, 4.69) is 31.3 Å². The number of anilines is 2. The van der Waals surface area contributed by atoms with E-state index in [0.29, 0.717) is 22.5 Å². The first-order chi connectivity index (χ1) is 18.9. The number of aryl methyl sites for hydroxylation is 2. The molecule has 0 bridgehead atoms. The van der Waals surface area contributed by atoms with Gasteiger partial charge in [-0.1, -0.05) is 0 Å². The zero-order chi connectivity index (χ0) is 27.8. The van der Waals surface area contributed by atoms with E-state index in [-0.39, 0.29) is 18.3 Å². The first-order valence-electron chi connectivity index (χ1n) is 12.5. The van der Waals surface area contributed by atoms with E-state index >= 15 is 0 Å². The summed E-state index contributed by atoms with van der Waals surface area (Å²) in [4.78, 5) is 42.8. The van der Waals surface area contributed by atoms with Gasteiger partial charge in [-0.2, -0.15) is 0 Å². The molecule has 0 saturated heterocycles. The van der Waals surface area contributed by atoms with Crippen molar-refractivity contribution in [3.05, 3.63) is 94.0 Å². The molecular formula is C29H30N6O4. The highest BCUT2D eigenvalue weighted by atomic mass is 16.3. The Balaban J connectivity index is 0.00000112. The normalized spacial score (nSPS) is 13.6. The highest BCUT2D eigenvalue weighted by molar-refractivity contribution is 6.08. The summed E-state index contributed by atoms with van der Waals surface area (Å²) in [5.74, 6) is 1.32. The minimum Gasteiger partial charge on any atom is -0.483 e. The molecule has 0 fully saturated rings. The van der Waals surface area contributed by atoms with Gasteiger partial charge in [0.25, 0.3) is 18.3 Å². The predicted octanol–water partition coefficient (Wildman–Crippen LogP) is 3.21. The molecule has 3 aromatic carbocycles. The number of nitrogens with one attached hydrogen (secondary N) is 4. The molecule has 2 heterocycles. The monoisotopic (exact) mass is 526 g/mol. The van der Waals surface area contributed by atoms with E-state index in [0.717, 1.165) is 60.1 Å². The van der Waals surface area contributed by atoms with Crippen LogP contribution in [0.4, 0.5) is 11.4 Å². The van der Waals surface area contributed by atoms with Crippen molar-refractivity contribution in [3.8, 4) is 0 Å². The molecule has 2 aliphatic heterocycles. The van der Waals surface area contributed by atoms with Crippen LogP contribution in [0, 0.1) is 13.8 Å². The predicted molar refractivity (Wildman–Crippen MR) is 152 cm³/mol. The number of benzene rings is 3. The van der Waals surface area contributed by atoms with Crippen LogP contribution in [0.1, 0.15) is 43.0 Å². The van der Waals surface area contributed by atoms with Gasteiger partial charge in [-0.05, 0) is 85.6 Å². The van der Waals surface area contributed by atoms with Crippen molar-refractivity contribution >= 4 is 41.3 Å². The van der Waals surface area contributed by atoms with Crippen molar-refractivity contribution in [2.45, 2.75) is 13.8 Å². The molecule has 39 heavy (non-hydrogen) atoms. The van der Waals surface area contributed by atoms with Gasteiger partial charge in [0.05, 0.1) is 13.1 Å².